The number of carbonyl (C=O) groups excluding carboxylic acids is 2. The Morgan fingerprint density at radius 3 is 2.87 bits per heavy atom. The van der Waals surface area contributed by atoms with Gasteiger partial charge < -0.3 is 14.7 Å². The molecule has 6 nitrogen and oxygen atoms in total. The molecular formula is C16H21N3O3S. The molecule has 2 aromatic heterocycles. The SMILES string of the molecule is CCCCN(CC(=O)Nc1cc(C)on1)C(=O)Cc1cccs1. The molecule has 0 radical (unpaired) electrons. The first-order valence-corrected chi connectivity index (χ1v) is 8.49. The van der Waals surface area contributed by atoms with Crippen LogP contribution in [-0.2, 0) is 16.0 Å². The van der Waals surface area contributed by atoms with Crippen LogP contribution in [0, 0.1) is 6.92 Å². The fourth-order valence-electron chi connectivity index (χ4n) is 2.10. The topological polar surface area (TPSA) is 75.4 Å². The first-order chi connectivity index (χ1) is 11.1. The van der Waals surface area contributed by atoms with Gasteiger partial charge in [0.2, 0.25) is 11.8 Å². The van der Waals surface area contributed by atoms with Gasteiger partial charge in [0.15, 0.2) is 5.82 Å². The molecule has 2 aromatic rings. The minimum atomic E-state index is -0.270. The van der Waals surface area contributed by atoms with E-state index in [1.54, 1.807) is 29.2 Å². The van der Waals surface area contributed by atoms with E-state index in [0.29, 0.717) is 24.5 Å². The predicted octanol–water partition coefficient (Wildman–Crippen LogP) is 2.85. The average molecular weight is 335 g/mol. The van der Waals surface area contributed by atoms with Crippen LogP contribution in [0.2, 0.25) is 0 Å². The average Bonchev–Trinajstić information content (AvgIpc) is 3.15. The van der Waals surface area contributed by atoms with Crippen molar-refractivity contribution in [2.75, 3.05) is 18.4 Å². The monoisotopic (exact) mass is 335 g/mol. The van der Waals surface area contributed by atoms with Crippen LogP contribution in [0.5, 0.6) is 0 Å². The molecule has 0 aliphatic heterocycles. The molecule has 0 aliphatic rings. The van der Waals surface area contributed by atoms with Crippen molar-refractivity contribution >= 4 is 29.0 Å². The Hall–Kier alpha value is -2.15. The van der Waals surface area contributed by atoms with Gasteiger partial charge in [-0.05, 0) is 24.8 Å². The maximum absolute atomic E-state index is 12.4. The quantitative estimate of drug-likeness (QED) is 0.805. The number of hydrogen-bond donors (Lipinski definition) is 1. The Morgan fingerprint density at radius 2 is 2.26 bits per heavy atom. The van der Waals surface area contributed by atoms with Gasteiger partial charge in [-0.2, -0.15) is 0 Å². The number of nitrogens with one attached hydrogen (secondary N) is 1. The second kappa shape index (κ2) is 8.47. The van der Waals surface area contributed by atoms with E-state index in [4.69, 9.17) is 4.52 Å². The van der Waals surface area contributed by atoms with Crippen LogP contribution in [0.1, 0.15) is 30.4 Å². The van der Waals surface area contributed by atoms with Gasteiger partial charge in [0.25, 0.3) is 0 Å². The minimum Gasteiger partial charge on any atom is -0.360 e. The zero-order valence-electron chi connectivity index (χ0n) is 13.4. The fraction of sp³-hybridized carbons (Fsp3) is 0.438. The molecule has 0 saturated carbocycles. The standard InChI is InChI=1S/C16H21N3O3S/c1-3-4-7-19(16(21)10-13-6-5-8-23-13)11-15(20)17-14-9-12(2)22-18-14/h5-6,8-9H,3-4,7,10-11H2,1-2H3,(H,17,18,20). The van der Waals surface area contributed by atoms with Gasteiger partial charge in [0.1, 0.15) is 5.76 Å². The third-order valence-corrected chi connectivity index (χ3v) is 4.15. The summed E-state index contributed by atoms with van der Waals surface area (Å²) >= 11 is 1.55. The maximum Gasteiger partial charge on any atom is 0.245 e. The molecule has 2 heterocycles. The second-order valence-corrected chi connectivity index (χ2v) is 6.33. The van der Waals surface area contributed by atoms with Crippen molar-refractivity contribution < 1.29 is 14.1 Å². The number of rotatable bonds is 8. The number of carbonyl (C=O) groups is 2. The molecule has 0 aliphatic carbocycles. The van der Waals surface area contributed by atoms with E-state index in [-0.39, 0.29) is 18.4 Å². The number of nitrogens with zero attached hydrogens (tertiary/aromatic N) is 2. The zero-order valence-corrected chi connectivity index (χ0v) is 14.2. The molecule has 0 bridgehead atoms. The van der Waals surface area contributed by atoms with Crippen molar-refractivity contribution in [3.63, 3.8) is 0 Å². The van der Waals surface area contributed by atoms with Crippen molar-refractivity contribution in [3.8, 4) is 0 Å². The van der Waals surface area contributed by atoms with E-state index in [9.17, 15) is 9.59 Å². The van der Waals surface area contributed by atoms with Crippen molar-refractivity contribution in [3.05, 3.63) is 34.2 Å². The number of aromatic nitrogens is 1. The van der Waals surface area contributed by atoms with E-state index in [0.717, 1.165) is 17.7 Å². The van der Waals surface area contributed by atoms with Crippen LogP contribution in [0.15, 0.2) is 28.1 Å². The minimum absolute atomic E-state index is 0.0239. The summed E-state index contributed by atoms with van der Waals surface area (Å²) in [5, 5.41) is 8.31. The molecule has 23 heavy (non-hydrogen) atoms. The van der Waals surface area contributed by atoms with Crippen LogP contribution < -0.4 is 5.32 Å². The summed E-state index contributed by atoms with van der Waals surface area (Å²) in [5.41, 5.74) is 0. The Balaban J connectivity index is 1.93. The van der Waals surface area contributed by atoms with Gasteiger partial charge in [0.05, 0.1) is 13.0 Å². The Labute approximate surface area is 139 Å². The molecule has 0 aromatic carbocycles. The number of hydrogen-bond acceptors (Lipinski definition) is 5. The third-order valence-electron chi connectivity index (χ3n) is 3.27. The molecule has 0 atom stereocenters. The third kappa shape index (κ3) is 5.52. The lowest BCUT2D eigenvalue weighted by Gasteiger charge is -2.21. The molecular weight excluding hydrogens is 314 g/mol. The van der Waals surface area contributed by atoms with Crippen LogP contribution in [0.3, 0.4) is 0 Å². The number of anilines is 1. The highest BCUT2D eigenvalue weighted by Gasteiger charge is 2.18. The molecule has 1 N–H and O–H groups in total. The van der Waals surface area contributed by atoms with Crippen molar-refractivity contribution in [1.82, 2.24) is 10.1 Å². The number of aryl methyl sites for hydroxylation is 1. The summed E-state index contributed by atoms with van der Waals surface area (Å²) in [6.45, 7) is 4.41. The molecule has 0 spiro atoms. The van der Waals surface area contributed by atoms with Gasteiger partial charge in [0, 0.05) is 17.5 Å². The smallest absolute Gasteiger partial charge is 0.245 e. The van der Waals surface area contributed by atoms with Crippen molar-refractivity contribution in [2.24, 2.45) is 0 Å². The van der Waals surface area contributed by atoms with Crippen LogP contribution in [0.4, 0.5) is 5.82 Å². The van der Waals surface area contributed by atoms with Crippen LogP contribution in [0.25, 0.3) is 0 Å². The molecule has 0 unspecified atom stereocenters. The lowest BCUT2D eigenvalue weighted by molar-refractivity contribution is -0.134. The van der Waals surface area contributed by atoms with Crippen LogP contribution >= 0.6 is 11.3 Å². The summed E-state index contributed by atoms with van der Waals surface area (Å²) in [6.07, 6.45) is 2.16. The molecule has 124 valence electrons. The molecule has 0 saturated heterocycles. The molecule has 0 fully saturated rings. The molecule has 2 amide bonds. The van der Waals surface area contributed by atoms with Gasteiger partial charge >= 0.3 is 0 Å². The Bertz CT molecular complexity index is 637. The maximum atomic E-state index is 12.4. The highest BCUT2D eigenvalue weighted by Crippen LogP contribution is 2.12. The largest absolute Gasteiger partial charge is 0.360 e. The van der Waals surface area contributed by atoms with Crippen molar-refractivity contribution in [1.29, 1.82) is 0 Å². The number of thiophene rings is 1. The number of unbranched alkanes of at least 4 members (excludes halogenated alkanes) is 1. The lowest BCUT2D eigenvalue weighted by Crippen LogP contribution is -2.39. The highest BCUT2D eigenvalue weighted by molar-refractivity contribution is 7.10. The number of amides is 2. The van der Waals surface area contributed by atoms with E-state index in [1.807, 2.05) is 17.5 Å². The van der Waals surface area contributed by atoms with E-state index in [1.165, 1.54) is 0 Å². The second-order valence-electron chi connectivity index (χ2n) is 5.30. The van der Waals surface area contributed by atoms with E-state index in [2.05, 4.69) is 17.4 Å². The van der Waals surface area contributed by atoms with Gasteiger partial charge in [-0.3, -0.25) is 9.59 Å². The highest BCUT2D eigenvalue weighted by atomic mass is 32.1. The summed E-state index contributed by atoms with van der Waals surface area (Å²) in [7, 11) is 0. The zero-order chi connectivity index (χ0) is 16.7. The van der Waals surface area contributed by atoms with E-state index >= 15 is 0 Å². The summed E-state index contributed by atoms with van der Waals surface area (Å²) in [6, 6.07) is 5.49. The predicted molar refractivity (Wildman–Crippen MR) is 89.4 cm³/mol. The van der Waals surface area contributed by atoms with Gasteiger partial charge in [-0.25, -0.2) is 0 Å². The lowest BCUT2D eigenvalue weighted by atomic mass is 10.2. The van der Waals surface area contributed by atoms with E-state index < -0.39 is 0 Å². The Kier molecular flexibility index (Phi) is 6.34. The van der Waals surface area contributed by atoms with Crippen LogP contribution in [-0.4, -0.2) is 35.0 Å². The molecule has 7 heteroatoms. The van der Waals surface area contributed by atoms with Crippen molar-refractivity contribution in [2.45, 2.75) is 33.1 Å². The summed E-state index contributed by atoms with van der Waals surface area (Å²) in [4.78, 5) is 27.2. The normalized spacial score (nSPS) is 10.5. The van der Waals surface area contributed by atoms with Gasteiger partial charge in [-0.15, -0.1) is 11.3 Å². The summed E-state index contributed by atoms with van der Waals surface area (Å²) < 4.78 is 4.91. The Morgan fingerprint density at radius 1 is 1.43 bits per heavy atom. The fourth-order valence-corrected chi connectivity index (χ4v) is 2.79. The summed E-state index contributed by atoms with van der Waals surface area (Å²) in [5.74, 6) is 0.687. The first-order valence-electron chi connectivity index (χ1n) is 7.61. The molecule has 2 rings (SSSR count). The van der Waals surface area contributed by atoms with Gasteiger partial charge in [-0.1, -0.05) is 24.6 Å². The first kappa shape index (κ1) is 17.2.